The fraction of sp³-hybridized carbons (Fsp3) is 0.643. The number of carbonyl (C=O) groups is 1. The molecule has 152 valence electrons. The number of anilines is 3. The molecule has 0 amide bonds. The van der Waals surface area contributed by atoms with Gasteiger partial charge in [0.25, 0.3) is 5.56 Å². The summed E-state index contributed by atoms with van der Waals surface area (Å²) in [6, 6.07) is 0. The van der Waals surface area contributed by atoms with Crippen LogP contribution in [0.15, 0.2) is 4.79 Å². The molecular weight excluding hydrogens is 379 g/mol. The van der Waals surface area contributed by atoms with Crippen LogP contribution in [0.2, 0.25) is 0 Å². The molecule has 0 radical (unpaired) electrons. The zero-order valence-electron chi connectivity index (χ0n) is 15.1. The van der Waals surface area contributed by atoms with E-state index in [1.165, 1.54) is 7.11 Å². The standard InChI is InChI=1S/C14H25N6O6P/c1-26-10(21)3-2-4-19(7-8-27(23,24)25)5-6-20-9-16-11-12(20)17-14(15)18-13(11)22/h16H,2-9H2,1H3,(H2,23,24,25)(H3,15,17,18,22). The van der Waals surface area contributed by atoms with Gasteiger partial charge >= 0.3 is 13.6 Å². The minimum absolute atomic E-state index is 0.0175. The van der Waals surface area contributed by atoms with E-state index in [-0.39, 0.29) is 36.6 Å². The third-order valence-electron chi connectivity index (χ3n) is 4.14. The van der Waals surface area contributed by atoms with Crippen molar-refractivity contribution in [3.05, 3.63) is 10.4 Å². The number of nitrogens with one attached hydrogen (secondary N) is 2. The van der Waals surface area contributed by atoms with E-state index in [1.807, 2.05) is 9.80 Å². The molecule has 0 aromatic carbocycles. The Morgan fingerprint density at radius 3 is 2.81 bits per heavy atom. The first-order valence-corrected chi connectivity index (χ1v) is 10.2. The third kappa shape index (κ3) is 6.51. The van der Waals surface area contributed by atoms with Crippen LogP contribution in [0.1, 0.15) is 12.8 Å². The summed E-state index contributed by atoms with van der Waals surface area (Å²) in [7, 11) is -2.81. The predicted octanol–water partition coefficient (Wildman–Crippen LogP) is -1.03. The number of ether oxygens (including phenoxy) is 1. The number of aromatic nitrogens is 2. The summed E-state index contributed by atoms with van der Waals surface area (Å²) in [4.78, 5) is 51.6. The van der Waals surface area contributed by atoms with E-state index in [2.05, 4.69) is 20.0 Å². The van der Waals surface area contributed by atoms with Crippen molar-refractivity contribution in [2.75, 3.05) is 62.1 Å². The molecule has 1 aromatic heterocycles. The Balaban J connectivity index is 1.96. The van der Waals surface area contributed by atoms with Gasteiger partial charge in [0.15, 0.2) is 5.82 Å². The molecule has 12 nitrogen and oxygen atoms in total. The highest BCUT2D eigenvalue weighted by atomic mass is 31.2. The molecule has 0 saturated carbocycles. The molecule has 13 heteroatoms. The molecule has 0 fully saturated rings. The molecule has 1 aromatic rings. The van der Waals surface area contributed by atoms with Crippen LogP contribution in [0, 0.1) is 0 Å². The number of nitrogens with two attached hydrogens (primary N) is 1. The van der Waals surface area contributed by atoms with E-state index in [0.717, 1.165) is 0 Å². The van der Waals surface area contributed by atoms with Gasteiger partial charge in [-0.2, -0.15) is 4.98 Å². The topological polar surface area (TPSA) is 174 Å². The minimum Gasteiger partial charge on any atom is -0.469 e. The molecular formula is C14H25N6O6P. The summed E-state index contributed by atoms with van der Waals surface area (Å²) in [5.41, 5.74) is 5.58. The summed E-state index contributed by atoms with van der Waals surface area (Å²) in [5, 5.41) is 2.95. The summed E-state index contributed by atoms with van der Waals surface area (Å²) in [6.07, 6.45) is 0.461. The minimum atomic E-state index is -4.13. The number of fused-ring (bicyclic) bond motifs is 1. The Hall–Kier alpha value is -2.14. The monoisotopic (exact) mass is 404 g/mol. The summed E-state index contributed by atoms with van der Waals surface area (Å²) >= 11 is 0. The first-order chi connectivity index (χ1) is 12.7. The van der Waals surface area contributed by atoms with Crippen molar-refractivity contribution < 1.29 is 23.9 Å². The second-order valence-corrected chi connectivity index (χ2v) is 7.93. The van der Waals surface area contributed by atoms with Crippen LogP contribution >= 0.6 is 7.60 Å². The average Bonchev–Trinajstić information content (AvgIpc) is 2.99. The Bertz CT molecular complexity index is 765. The normalized spacial score (nSPS) is 13.6. The number of methoxy groups -OCH3 is 1. The van der Waals surface area contributed by atoms with Crippen molar-refractivity contribution >= 4 is 31.0 Å². The van der Waals surface area contributed by atoms with Gasteiger partial charge in [0, 0.05) is 26.1 Å². The zero-order valence-corrected chi connectivity index (χ0v) is 15.9. The Morgan fingerprint density at radius 2 is 2.15 bits per heavy atom. The van der Waals surface area contributed by atoms with E-state index in [1.54, 1.807) is 0 Å². The highest BCUT2D eigenvalue weighted by Gasteiger charge is 2.24. The lowest BCUT2D eigenvalue weighted by atomic mass is 10.3. The van der Waals surface area contributed by atoms with Gasteiger partial charge in [-0.3, -0.25) is 19.1 Å². The van der Waals surface area contributed by atoms with Crippen molar-refractivity contribution in [3.63, 3.8) is 0 Å². The lowest BCUT2D eigenvalue weighted by Gasteiger charge is -2.25. The number of rotatable bonds is 10. The molecule has 0 spiro atoms. The van der Waals surface area contributed by atoms with Gasteiger partial charge in [0.05, 0.1) is 19.9 Å². The Kier molecular flexibility index (Phi) is 7.19. The van der Waals surface area contributed by atoms with Crippen LogP contribution in [0.4, 0.5) is 17.5 Å². The van der Waals surface area contributed by atoms with Gasteiger partial charge in [0.1, 0.15) is 5.69 Å². The lowest BCUT2D eigenvalue weighted by Crippen LogP contribution is -2.37. The van der Waals surface area contributed by atoms with Crippen molar-refractivity contribution in [1.29, 1.82) is 0 Å². The van der Waals surface area contributed by atoms with E-state index < -0.39 is 7.60 Å². The second kappa shape index (κ2) is 9.18. The number of nitrogen functional groups attached to an aromatic ring is 1. The summed E-state index contributed by atoms with van der Waals surface area (Å²) < 4.78 is 15.8. The van der Waals surface area contributed by atoms with E-state index in [4.69, 9.17) is 15.5 Å². The fourth-order valence-corrected chi connectivity index (χ4v) is 3.26. The number of esters is 1. The van der Waals surface area contributed by atoms with Crippen LogP contribution < -0.4 is 21.5 Å². The molecule has 1 aliphatic heterocycles. The maximum Gasteiger partial charge on any atom is 0.326 e. The van der Waals surface area contributed by atoms with Crippen LogP contribution in [0.3, 0.4) is 0 Å². The smallest absolute Gasteiger partial charge is 0.326 e. The third-order valence-corrected chi connectivity index (χ3v) is 4.92. The maximum atomic E-state index is 11.9. The number of H-pyrrole nitrogens is 1. The number of aromatic amines is 1. The SMILES string of the molecule is COC(=O)CCCN(CCN1CNc2c1nc(N)[nH]c2=O)CCP(=O)(O)O. The predicted molar refractivity (Wildman–Crippen MR) is 99.7 cm³/mol. The first-order valence-electron chi connectivity index (χ1n) is 8.42. The molecule has 0 saturated heterocycles. The van der Waals surface area contributed by atoms with Crippen LogP contribution in [-0.4, -0.2) is 76.7 Å². The lowest BCUT2D eigenvalue weighted by molar-refractivity contribution is -0.140. The first kappa shape index (κ1) is 21.2. The molecule has 6 N–H and O–H groups in total. The van der Waals surface area contributed by atoms with Gasteiger partial charge in [0.2, 0.25) is 5.95 Å². The second-order valence-electron chi connectivity index (χ2n) is 6.16. The average molecular weight is 404 g/mol. The Labute approximate surface area is 155 Å². The van der Waals surface area contributed by atoms with E-state index >= 15 is 0 Å². The molecule has 0 aliphatic carbocycles. The van der Waals surface area contributed by atoms with Crippen LogP contribution in [0.25, 0.3) is 0 Å². The van der Waals surface area contributed by atoms with Crippen molar-refractivity contribution in [3.8, 4) is 0 Å². The van der Waals surface area contributed by atoms with E-state index in [9.17, 15) is 14.2 Å². The summed E-state index contributed by atoms with van der Waals surface area (Å²) in [6.45, 7) is 1.98. The van der Waals surface area contributed by atoms with Gasteiger partial charge in [-0.15, -0.1) is 0 Å². The molecule has 0 atom stereocenters. The number of hydrogen-bond acceptors (Lipinski definition) is 9. The zero-order chi connectivity index (χ0) is 20.0. The van der Waals surface area contributed by atoms with Crippen LogP contribution in [0.5, 0.6) is 0 Å². The summed E-state index contributed by atoms with van der Waals surface area (Å²) in [5.74, 6) is 0.131. The number of nitrogens with zero attached hydrogens (tertiary/aromatic N) is 3. The molecule has 2 heterocycles. The highest BCUT2D eigenvalue weighted by Crippen LogP contribution is 2.33. The fourth-order valence-electron chi connectivity index (χ4n) is 2.72. The molecule has 27 heavy (non-hydrogen) atoms. The van der Waals surface area contributed by atoms with Crippen molar-refractivity contribution in [2.24, 2.45) is 0 Å². The molecule has 0 unspecified atom stereocenters. The number of hydrogen-bond donors (Lipinski definition) is 5. The molecule has 2 rings (SSSR count). The largest absolute Gasteiger partial charge is 0.469 e. The van der Waals surface area contributed by atoms with E-state index in [0.29, 0.717) is 44.2 Å². The van der Waals surface area contributed by atoms with Gasteiger partial charge < -0.3 is 35.4 Å². The molecule has 0 bridgehead atoms. The quantitative estimate of drug-likeness (QED) is 0.238. The van der Waals surface area contributed by atoms with Crippen molar-refractivity contribution in [1.82, 2.24) is 14.9 Å². The highest BCUT2D eigenvalue weighted by molar-refractivity contribution is 7.51. The number of carbonyl (C=O) groups excluding carboxylic acids is 1. The Morgan fingerprint density at radius 1 is 1.41 bits per heavy atom. The van der Waals surface area contributed by atoms with Crippen LogP contribution in [-0.2, 0) is 14.1 Å². The van der Waals surface area contributed by atoms with Crippen molar-refractivity contribution in [2.45, 2.75) is 12.8 Å². The maximum absolute atomic E-state index is 11.9. The van der Waals surface area contributed by atoms with Gasteiger partial charge in [-0.05, 0) is 13.0 Å². The van der Waals surface area contributed by atoms with Gasteiger partial charge in [-0.25, -0.2) is 0 Å². The molecule has 1 aliphatic rings. The van der Waals surface area contributed by atoms with Gasteiger partial charge in [-0.1, -0.05) is 0 Å².